The summed E-state index contributed by atoms with van der Waals surface area (Å²) >= 11 is 0. The van der Waals surface area contributed by atoms with Gasteiger partial charge in [-0.3, -0.25) is 0 Å². The van der Waals surface area contributed by atoms with E-state index < -0.39 is 0 Å². The van der Waals surface area contributed by atoms with Gasteiger partial charge in [0.1, 0.15) is 5.82 Å². The van der Waals surface area contributed by atoms with Crippen LogP contribution in [0.15, 0.2) is 37.4 Å². The zero-order chi connectivity index (χ0) is 18.9. The number of aromatic nitrogens is 6. The van der Waals surface area contributed by atoms with Crippen molar-refractivity contribution in [3.05, 3.63) is 54.7 Å². The maximum atomic E-state index is 4.06. The molecule has 0 aliphatic heterocycles. The Kier molecular flexibility index (Phi) is 10.3. The molecule has 6 heteroatoms. The van der Waals surface area contributed by atoms with Gasteiger partial charge in [-0.05, 0) is 5.92 Å². The van der Waals surface area contributed by atoms with E-state index in [-0.39, 0.29) is 12.8 Å². The molecular weight excluding hydrogens is 324 g/mol. The number of rotatable bonds is 2. The molecule has 3 aromatic rings. The third kappa shape index (κ3) is 8.65. The van der Waals surface area contributed by atoms with Gasteiger partial charge in [-0.2, -0.15) is 0 Å². The second-order valence-corrected chi connectivity index (χ2v) is 7.51. The maximum Gasteiger partial charge on any atom is 0.108 e. The number of hydrogen-bond acceptors (Lipinski definition) is 3. The third-order valence-corrected chi connectivity index (χ3v) is 3.51. The highest BCUT2D eigenvalue weighted by Crippen LogP contribution is 2.17. The number of aromatic amines is 3. The van der Waals surface area contributed by atoms with E-state index in [1.54, 1.807) is 18.9 Å². The van der Waals surface area contributed by atoms with Crippen molar-refractivity contribution in [3.8, 4) is 0 Å². The van der Waals surface area contributed by atoms with Crippen LogP contribution < -0.4 is 0 Å². The molecule has 0 saturated heterocycles. The minimum atomic E-state index is 0. The first-order chi connectivity index (χ1) is 11.7. The number of nitrogens with one attached hydrogen (secondary N) is 3. The Labute approximate surface area is 158 Å². The van der Waals surface area contributed by atoms with Crippen molar-refractivity contribution in [2.45, 2.75) is 73.1 Å². The van der Waals surface area contributed by atoms with Crippen LogP contribution in [0.4, 0.5) is 0 Å². The van der Waals surface area contributed by atoms with Gasteiger partial charge in [0.2, 0.25) is 0 Å². The maximum absolute atomic E-state index is 4.06. The molecule has 0 aliphatic carbocycles. The predicted molar refractivity (Wildman–Crippen MR) is 109 cm³/mol. The van der Waals surface area contributed by atoms with Gasteiger partial charge in [-0.15, -0.1) is 0 Å². The minimum absolute atomic E-state index is 0. The van der Waals surface area contributed by atoms with E-state index in [2.05, 4.69) is 78.4 Å². The van der Waals surface area contributed by atoms with Crippen molar-refractivity contribution in [1.82, 2.24) is 29.9 Å². The van der Waals surface area contributed by atoms with Crippen LogP contribution in [-0.2, 0) is 5.41 Å². The standard InChI is InChI=1S/C7H12N2.2C6H10N2.CH4/c1-7(2,3)6-4-8-5-9-6;1-5(2)6-3-7-4-8-6;1-5(2)6-7-3-4-8-6;/h4-5H,1-3H3,(H,8,9);2*3-5H,1-2H3,(H,7,8);1H4. The first-order valence-corrected chi connectivity index (χ1v) is 8.68. The summed E-state index contributed by atoms with van der Waals surface area (Å²) in [5, 5.41) is 0. The van der Waals surface area contributed by atoms with Crippen molar-refractivity contribution in [3.63, 3.8) is 0 Å². The molecule has 0 fully saturated rings. The lowest BCUT2D eigenvalue weighted by Crippen LogP contribution is -2.10. The molecular formula is C20H36N6. The van der Waals surface area contributed by atoms with Crippen molar-refractivity contribution in [2.75, 3.05) is 0 Å². The molecule has 0 unspecified atom stereocenters. The molecule has 0 spiro atoms. The minimum Gasteiger partial charge on any atom is -0.348 e. The van der Waals surface area contributed by atoms with E-state index in [1.165, 1.54) is 11.4 Å². The average molecular weight is 361 g/mol. The second kappa shape index (κ2) is 11.3. The monoisotopic (exact) mass is 360 g/mol. The fourth-order valence-corrected chi connectivity index (χ4v) is 1.84. The molecule has 0 atom stereocenters. The summed E-state index contributed by atoms with van der Waals surface area (Å²) in [6.45, 7) is 14.9. The molecule has 3 rings (SSSR count). The van der Waals surface area contributed by atoms with Gasteiger partial charge in [0, 0.05) is 47.5 Å². The van der Waals surface area contributed by atoms with Gasteiger partial charge in [-0.25, -0.2) is 15.0 Å². The Morgan fingerprint density at radius 1 is 0.846 bits per heavy atom. The topological polar surface area (TPSA) is 86.0 Å². The van der Waals surface area contributed by atoms with Gasteiger partial charge < -0.3 is 15.0 Å². The lowest BCUT2D eigenvalue weighted by molar-refractivity contribution is 0.572. The van der Waals surface area contributed by atoms with E-state index in [4.69, 9.17) is 0 Å². The summed E-state index contributed by atoms with van der Waals surface area (Å²) in [7, 11) is 0. The van der Waals surface area contributed by atoms with Crippen LogP contribution in [0, 0.1) is 0 Å². The Morgan fingerprint density at radius 3 is 1.69 bits per heavy atom. The summed E-state index contributed by atoms with van der Waals surface area (Å²) in [6.07, 6.45) is 10.7. The Morgan fingerprint density at radius 2 is 1.46 bits per heavy atom. The molecule has 0 saturated carbocycles. The summed E-state index contributed by atoms with van der Waals surface area (Å²) < 4.78 is 0. The summed E-state index contributed by atoms with van der Waals surface area (Å²) in [5.41, 5.74) is 2.59. The highest BCUT2D eigenvalue weighted by molar-refractivity contribution is 5.07. The summed E-state index contributed by atoms with van der Waals surface area (Å²) in [4.78, 5) is 21.0. The van der Waals surface area contributed by atoms with Gasteiger partial charge >= 0.3 is 0 Å². The number of imidazole rings is 3. The van der Waals surface area contributed by atoms with Crippen molar-refractivity contribution >= 4 is 0 Å². The number of nitrogens with zero attached hydrogens (tertiary/aromatic N) is 3. The Bertz CT molecular complexity index is 606. The van der Waals surface area contributed by atoms with Crippen LogP contribution in [0.5, 0.6) is 0 Å². The number of hydrogen-bond donors (Lipinski definition) is 3. The summed E-state index contributed by atoms with van der Waals surface area (Å²) in [6, 6.07) is 0. The van der Waals surface area contributed by atoms with Crippen molar-refractivity contribution in [2.24, 2.45) is 0 Å². The first kappa shape index (κ1) is 23.6. The lowest BCUT2D eigenvalue weighted by Gasteiger charge is -2.14. The number of H-pyrrole nitrogens is 3. The van der Waals surface area contributed by atoms with E-state index in [9.17, 15) is 0 Å². The quantitative estimate of drug-likeness (QED) is 0.571. The van der Waals surface area contributed by atoms with Crippen LogP contribution in [0.1, 0.15) is 84.9 Å². The molecule has 26 heavy (non-hydrogen) atoms. The van der Waals surface area contributed by atoms with Crippen LogP contribution >= 0.6 is 0 Å². The Balaban J connectivity index is 0.000000355. The van der Waals surface area contributed by atoms with Crippen molar-refractivity contribution < 1.29 is 0 Å². The van der Waals surface area contributed by atoms with Crippen molar-refractivity contribution in [1.29, 1.82) is 0 Å². The van der Waals surface area contributed by atoms with Crippen LogP contribution in [0.25, 0.3) is 0 Å². The molecule has 6 nitrogen and oxygen atoms in total. The van der Waals surface area contributed by atoms with Gasteiger partial charge in [0.05, 0.1) is 12.7 Å². The average Bonchev–Trinajstić information content (AvgIpc) is 3.28. The van der Waals surface area contributed by atoms with Crippen LogP contribution in [0.3, 0.4) is 0 Å². The largest absolute Gasteiger partial charge is 0.348 e. The fraction of sp³-hybridized carbons (Fsp3) is 0.550. The molecule has 3 N–H and O–H groups in total. The predicted octanol–water partition coefficient (Wildman–Crippen LogP) is 5.41. The Hall–Kier alpha value is -2.37. The van der Waals surface area contributed by atoms with E-state index in [0.29, 0.717) is 11.8 Å². The zero-order valence-corrected chi connectivity index (χ0v) is 16.5. The van der Waals surface area contributed by atoms with Crippen LogP contribution in [0.2, 0.25) is 0 Å². The second-order valence-electron chi connectivity index (χ2n) is 7.51. The smallest absolute Gasteiger partial charge is 0.108 e. The highest BCUT2D eigenvalue weighted by atomic mass is 14.9. The van der Waals surface area contributed by atoms with E-state index in [0.717, 1.165) is 5.82 Å². The molecule has 3 aromatic heterocycles. The fourth-order valence-electron chi connectivity index (χ4n) is 1.84. The first-order valence-electron chi connectivity index (χ1n) is 8.68. The highest BCUT2D eigenvalue weighted by Gasteiger charge is 2.13. The van der Waals surface area contributed by atoms with E-state index >= 15 is 0 Å². The molecule has 0 amide bonds. The normalized spacial score (nSPS) is 10.5. The van der Waals surface area contributed by atoms with Gasteiger partial charge in [0.25, 0.3) is 0 Å². The lowest BCUT2D eigenvalue weighted by atomic mass is 9.93. The van der Waals surface area contributed by atoms with Crippen LogP contribution in [-0.4, -0.2) is 29.9 Å². The van der Waals surface area contributed by atoms with Gasteiger partial charge in [0.15, 0.2) is 0 Å². The molecule has 0 bridgehead atoms. The molecule has 3 heterocycles. The molecule has 0 aromatic carbocycles. The third-order valence-electron chi connectivity index (χ3n) is 3.51. The molecule has 0 aliphatic rings. The van der Waals surface area contributed by atoms with E-state index in [1.807, 2.05) is 18.6 Å². The molecule has 0 radical (unpaired) electrons. The zero-order valence-electron chi connectivity index (χ0n) is 16.5. The molecule has 146 valence electrons. The SMILES string of the molecule is C.CC(C)(C)c1cnc[nH]1.CC(C)c1cnc[nH]1.CC(C)c1ncc[nH]1. The summed E-state index contributed by atoms with van der Waals surface area (Å²) in [5.74, 6) is 2.15. The van der Waals surface area contributed by atoms with Gasteiger partial charge in [-0.1, -0.05) is 55.9 Å².